The lowest BCUT2D eigenvalue weighted by molar-refractivity contribution is 0.203. The molecule has 1 atom stereocenters. The molecular weight excluding hydrogens is 252 g/mol. The molecule has 1 aromatic rings. The van der Waals surface area contributed by atoms with Gasteiger partial charge < -0.3 is 14.8 Å². The maximum Gasteiger partial charge on any atom is 0.161 e. The number of nitrogens with zero attached hydrogens (tertiary/aromatic N) is 1. The Hall–Kier alpha value is -1.52. The maximum atomic E-state index is 5.57. The van der Waals surface area contributed by atoms with Gasteiger partial charge in [0.25, 0.3) is 0 Å². The number of methoxy groups -OCH3 is 1. The fourth-order valence-corrected chi connectivity index (χ4v) is 2.60. The summed E-state index contributed by atoms with van der Waals surface area (Å²) in [4.78, 5) is 2.43. The minimum absolute atomic E-state index is 0.224. The van der Waals surface area contributed by atoms with Crippen LogP contribution in [0.2, 0.25) is 0 Å². The van der Waals surface area contributed by atoms with Gasteiger partial charge >= 0.3 is 0 Å². The van der Waals surface area contributed by atoms with Crippen molar-refractivity contribution in [2.45, 2.75) is 13.0 Å². The molecule has 0 bridgehead atoms. The van der Waals surface area contributed by atoms with Crippen LogP contribution in [0.25, 0.3) is 0 Å². The Bertz CT molecular complexity index is 442. The van der Waals surface area contributed by atoms with Gasteiger partial charge in [0.1, 0.15) is 0 Å². The second-order valence-electron chi connectivity index (χ2n) is 4.81. The average molecular weight is 276 g/mol. The van der Waals surface area contributed by atoms with Gasteiger partial charge in [0.2, 0.25) is 0 Å². The van der Waals surface area contributed by atoms with Gasteiger partial charge in [-0.25, -0.2) is 0 Å². The van der Waals surface area contributed by atoms with Crippen molar-refractivity contribution in [3.63, 3.8) is 0 Å². The second-order valence-corrected chi connectivity index (χ2v) is 4.81. The van der Waals surface area contributed by atoms with Crippen LogP contribution in [-0.4, -0.2) is 44.8 Å². The van der Waals surface area contributed by atoms with Crippen LogP contribution in [0.15, 0.2) is 30.9 Å². The molecule has 4 heteroatoms. The van der Waals surface area contributed by atoms with Crippen LogP contribution in [0.1, 0.15) is 18.5 Å². The number of ether oxygens (including phenoxy) is 2. The summed E-state index contributed by atoms with van der Waals surface area (Å²) in [6.45, 7) is 10.7. The predicted molar refractivity (Wildman–Crippen MR) is 81.5 cm³/mol. The summed E-state index contributed by atoms with van der Waals surface area (Å²) in [5.74, 6) is 1.58. The number of hydrogen-bond donors (Lipinski definition) is 1. The van der Waals surface area contributed by atoms with E-state index in [1.54, 1.807) is 7.11 Å². The average Bonchev–Trinajstić information content (AvgIpc) is 2.50. The normalized spacial score (nSPS) is 17.5. The van der Waals surface area contributed by atoms with Crippen LogP contribution in [0.5, 0.6) is 11.5 Å². The second kappa shape index (κ2) is 7.31. The van der Waals surface area contributed by atoms with Gasteiger partial charge in [0, 0.05) is 26.2 Å². The Kier molecular flexibility index (Phi) is 5.44. The summed E-state index contributed by atoms with van der Waals surface area (Å²) in [6.07, 6.45) is 2.00. The van der Waals surface area contributed by atoms with Crippen molar-refractivity contribution in [3.05, 3.63) is 36.4 Å². The van der Waals surface area contributed by atoms with E-state index in [4.69, 9.17) is 9.47 Å². The quantitative estimate of drug-likeness (QED) is 0.808. The van der Waals surface area contributed by atoms with E-state index in [1.165, 1.54) is 5.56 Å². The van der Waals surface area contributed by atoms with Crippen molar-refractivity contribution < 1.29 is 9.47 Å². The standard InChI is InChI=1S/C16H24N2O2/c1-4-14(18-10-8-17-9-11-18)13-6-7-15(20-5-2)16(12-13)19-3/h4,6-7,12,14,17H,1,5,8-11H2,2-3H3/t14-/m1/s1. The topological polar surface area (TPSA) is 33.7 Å². The molecule has 4 nitrogen and oxygen atoms in total. The number of rotatable bonds is 6. The number of nitrogens with one attached hydrogen (secondary N) is 1. The van der Waals surface area contributed by atoms with Crippen LogP contribution in [0.4, 0.5) is 0 Å². The van der Waals surface area contributed by atoms with E-state index in [0.29, 0.717) is 6.61 Å². The van der Waals surface area contributed by atoms with Crippen molar-refractivity contribution in [1.82, 2.24) is 10.2 Å². The lowest BCUT2D eigenvalue weighted by Crippen LogP contribution is -2.44. The van der Waals surface area contributed by atoms with E-state index in [-0.39, 0.29) is 6.04 Å². The van der Waals surface area contributed by atoms with Crippen molar-refractivity contribution in [2.24, 2.45) is 0 Å². The molecule has 0 saturated carbocycles. The molecule has 1 saturated heterocycles. The highest BCUT2D eigenvalue weighted by Crippen LogP contribution is 2.32. The first-order valence-electron chi connectivity index (χ1n) is 7.18. The third kappa shape index (κ3) is 3.32. The van der Waals surface area contributed by atoms with Crippen LogP contribution in [-0.2, 0) is 0 Å². The Morgan fingerprint density at radius 3 is 2.70 bits per heavy atom. The lowest BCUT2D eigenvalue weighted by Gasteiger charge is -2.33. The molecule has 1 aliphatic rings. The molecule has 2 rings (SSSR count). The molecule has 0 aliphatic carbocycles. The third-order valence-electron chi connectivity index (χ3n) is 3.60. The van der Waals surface area contributed by atoms with Crippen LogP contribution < -0.4 is 14.8 Å². The Morgan fingerprint density at radius 1 is 1.35 bits per heavy atom. The largest absolute Gasteiger partial charge is 0.493 e. The lowest BCUT2D eigenvalue weighted by atomic mass is 10.0. The van der Waals surface area contributed by atoms with Crippen LogP contribution in [0, 0.1) is 0 Å². The fourth-order valence-electron chi connectivity index (χ4n) is 2.60. The van der Waals surface area contributed by atoms with Crippen LogP contribution >= 0.6 is 0 Å². The van der Waals surface area contributed by atoms with E-state index in [9.17, 15) is 0 Å². The SMILES string of the molecule is C=C[C@H](c1ccc(OCC)c(OC)c1)N1CCNCC1. The third-order valence-corrected chi connectivity index (χ3v) is 3.60. The zero-order chi connectivity index (χ0) is 14.4. The number of hydrogen-bond acceptors (Lipinski definition) is 4. The van der Waals surface area contributed by atoms with Gasteiger partial charge in [-0.3, -0.25) is 4.90 Å². The Labute approximate surface area is 121 Å². The predicted octanol–water partition coefficient (Wildman–Crippen LogP) is 2.23. The molecule has 0 spiro atoms. The highest BCUT2D eigenvalue weighted by molar-refractivity contribution is 5.44. The zero-order valence-electron chi connectivity index (χ0n) is 12.4. The highest BCUT2D eigenvalue weighted by atomic mass is 16.5. The molecule has 110 valence electrons. The van der Waals surface area contributed by atoms with Crippen LogP contribution in [0.3, 0.4) is 0 Å². The Balaban J connectivity index is 2.22. The summed E-state index contributed by atoms with van der Waals surface area (Å²) >= 11 is 0. The minimum Gasteiger partial charge on any atom is -0.493 e. The van der Waals surface area contributed by atoms with E-state index < -0.39 is 0 Å². The van der Waals surface area contributed by atoms with Gasteiger partial charge in [0.05, 0.1) is 19.8 Å². The monoisotopic (exact) mass is 276 g/mol. The number of piperazine rings is 1. The fraction of sp³-hybridized carbons (Fsp3) is 0.500. The summed E-state index contributed by atoms with van der Waals surface area (Å²) < 4.78 is 11.0. The first-order chi connectivity index (χ1) is 9.80. The molecule has 20 heavy (non-hydrogen) atoms. The Morgan fingerprint density at radius 2 is 2.10 bits per heavy atom. The van der Waals surface area contributed by atoms with Crippen molar-refractivity contribution in [1.29, 1.82) is 0 Å². The molecule has 1 aliphatic heterocycles. The van der Waals surface area contributed by atoms with E-state index >= 15 is 0 Å². The highest BCUT2D eigenvalue weighted by Gasteiger charge is 2.20. The molecule has 1 N–H and O–H groups in total. The first kappa shape index (κ1) is 14.9. The van der Waals surface area contributed by atoms with Gasteiger partial charge in [0.15, 0.2) is 11.5 Å². The summed E-state index contributed by atoms with van der Waals surface area (Å²) in [5, 5.41) is 3.37. The molecule has 0 aromatic heterocycles. The molecule has 1 fully saturated rings. The van der Waals surface area contributed by atoms with Gasteiger partial charge in [-0.1, -0.05) is 12.1 Å². The van der Waals surface area contributed by atoms with Crippen molar-refractivity contribution >= 4 is 0 Å². The van der Waals surface area contributed by atoms with Crippen molar-refractivity contribution in [3.8, 4) is 11.5 Å². The van der Waals surface area contributed by atoms with E-state index in [1.807, 2.05) is 19.1 Å². The van der Waals surface area contributed by atoms with Gasteiger partial charge in [-0.15, -0.1) is 6.58 Å². The minimum atomic E-state index is 0.224. The summed E-state index contributed by atoms with van der Waals surface area (Å²) in [7, 11) is 1.68. The molecule has 0 radical (unpaired) electrons. The molecule has 1 heterocycles. The van der Waals surface area contributed by atoms with Gasteiger partial charge in [-0.05, 0) is 24.6 Å². The summed E-state index contributed by atoms with van der Waals surface area (Å²) in [6, 6.07) is 6.36. The number of benzene rings is 1. The maximum absolute atomic E-state index is 5.57. The van der Waals surface area contributed by atoms with Crippen molar-refractivity contribution in [2.75, 3.05) is 39.9 Å². The molecular formula is C16H24N2O2. The summed E-state index contributed by atoms with van der Waals surface area (Å²) in [5.41, 5.74) is 1.20. The first-order valence-corrected chi connectivity index (χ1v) is 7.18. The zero-order valence-corrected chi connectivity index (χ0v) is 12.4. The molecule has 1 aromatic carbocycles. The van der Waals surface area contributed by atoms with Gasteiger partial charge in [-0.2, -0.15) is 0 Å². The molecule has 0 unspecified atom stereocenters. The molecule has 0 amide bonds. The van der Waals surface area contributed by atoms with E-state index in [0.717, 1.165) is 37.7 Å². The smallest absolute Gasteiger partial charge is 0.161 e. The van der Waals surface area contributed by atoms with E-state index in [2.05, 4.69) is 28.9 Å².